The molecule has 0 bridgehead atoms. The SMILES string of the molecule is CCOc1ccc(NC(=O)COC(=O)COCCOC)cc1. The Bertz CT molecular complexity index is 460. The number of amides is 1. The zero-order valence-corrected chi connectivity index (χ0v) is 12.8. The Morgan fingerprint density at radius 2 is 1.82 bits per heavy atom. The van der Waals surface area contributed by atoms with Crippen LogP contribution in [0.2, 0.25) is 0 Å². The highest BCUT2D eigenvalue weighted by molar-refractivity contribution is 5.92. The lowest BCUT2D eigenvalue weighted by molar-refractivity contribution is -0.152. The van der Waals surface area contributed by atoms with Gasteiger partial charge in [0.2, 0.25) is 0 Å². The van der Waals surface area contributed by atoms with E-state index in [4.69, 9.17) is 18.9 Å². The van der Waals surface area contributed by atoms with Gasteiger partial charge in [-0.05, 0) is 31.2 Å². The largest absolute Gasteiger partial charge is 0.494 e. The van der Waals surface area contributed by atoms with E-state index < -0.39 is 11.9 Å². The van der Waals surface area contributed by atoms with Crippen LogP contribution < -0.4 is 10.1 Å². The molecule has 0 aliphatic heterocycles. The van der Waals surface area contributed by atoms with Crippen LogP contribution in [0.25, 0.3) is 0 Å². The molecule has 1 aromatic rings. The summed E-state index contributed by atoms with van der Waals surface area (Å²) in [5.74, 6) is -0.299. The highest BCUT2D eigenvalue weighted by atomic mass is 16.6. The van der Waals surface area contributed by atoms with E-state index >= 15 is 0 Å². The molecule has 0 fully saturated rings. The second-order valence-corrected chi connectivity index (χ2v) is 4.21. The minimum atomic E-state index is -0.599. The molecule has 122 valence electrons. The number of carbonyl (C=O) groups is 2. The van der Waals surface area contributed by atoms with Gasteiger partial charge in [0.15, 0.2) is 6.61 Å². The number of nitrogens with one attached hydrogen (secondary N) is 1. The van der Waals surface area contributed by atoms with E-state index in [0.29, 0.717) is 25.5 Å². The second-order valence-electron chi connectivity index (χ2n) is 4.21. The third-order valence-electron chi connectivity index (χ3n) is 2.47. The summed E-state index contributed by atoms with van der Waals surface area (Å²) in [7, 11) is 1.53. The van der Waals surface area contributed by atoms with Crippen LogP contribution in [0.1, 0.15) is 6.92 Å². The monoisotopic (exact) mass is 311 g/mol. The van der Waals surface area contributed by atoms with Crippen LogP contribution in [-0.4, -0.2) is 52.0 Å². The maximum atomic E-state index is 11.6. The molecular formula is C15H21NO6. The maximum Gasteiger partial charge on any atom is 0.332 e. The summed E-state index contributed by atoms with van der Waals surface area (Å²) in [6.07, 6.45) is 0. The van der Waals surface area contributed by atoms with Crippen LogP contribution in [0.4, 0.5) is 5.69 Å². The fraction of sp³-hybridized carbons (Fsp3) is 0.467. The molecule has 22 heavy (non-hydrogen) atoms. The molecule has 0 saturated carbocycles. The maximum absolute atomic E-state index is 11.6. The van der Waals surface area contributed by atoms with Gasteiger partial charge in [-0.1, -0.05) is 0 Å². The van der Waals surface area contributed by atoms with Crippen molar-refractivity contribution >= 4 is 17.6 Å². The summed E-state index contributed by atoms with van der Waals surface area (Å²) in [6.45, 7) is 2.59. The summed E-state index contributed by atoms with van der Waals surface area (Å²) < 4.78 is 19.8. The van der Waals surface area contributed by atoms with E-state index in [1.165, 1.54) is 7.11 Å². The fourth-order valence-electron chi connectivity index (χ4n) is 1.48. The van der Waals surface area contributed by atoms with Crippen molar-refractivity contribution in [3.63, 3.8) is 0 Å². The number of methoxy groups -OCH3 is 1. The number of carbonyl (C=O) groups excluding carboxylic acids is 2. The van der Waals surface area contributed by atoms with Gasteiger partial charge in [0.1, 0.15) is 12.4 Å². The lowest BCUT2D eigenvalue weighted by Gasteiger charge is -2.08. The Kier molecular flexibility index (Phi) is 8.63. The molecule has 0 radical (unpaired) electrons. The van der Waals surface area contributed by atoms with Gasteiger partial charge in [0.25, 0.3) is 5.91 Å². The second kappa shape index (κ2) is 10.6. The molecule has 0 unspecified atom stereocenters. The summed E-state index contributed by atoms with van der Waals surface area (Å²) in [5, 5.41) is 2.61. The lowest BCUT2D eigenvalue weighted by atomic mass is 10.3. The highest BCUT2D eigenvalue weighted by Gasteiger charge is 2.08. The average molecular weight is 311 g/mol. The van der Waals surface area contributed by atoms with Crippen LogP contribution in [0, 0.1) is 0 Å². The van der Waals surface area contributed by atoms with Gasteiger partial charge in [-0.3, -0.25) is 4.79 Å². The van der Waals surface area contributed by atoms with Crippen molar-refractivity contribution in [3.05, 3.63) is 24.3 Å². The van der Waals surface area contributed by atoms with Gasteiger partial charge in [0.05, 0.1) is 19.8 Å². The van der Waals surface area contributed by atoms with Gasteiger partial charge < -0.3 is 24.3 Å². The summed E-state index contributed by atoms with van der Waals surface area (Å²) >= 11 is 0. The van der Waals surface area contributed by atoms with E-state index in [0.717, 1.165) is 5.75 Å². The van der Waals surface area contributed by atoms with Crippen LogP contribution >= 0.6 is 0 Å². The molecule has 0 atom stereocenters. The quantitative estimate of drug-likeness (QED) is 0.517. The third kappa shape index (κ3) is 7.61. The standard InChI is InChI=1S/C15H21NO6/c1-3-21-13-6-4-12(5-7-13)16-14(17)10-22-15(18)11-20-9-8-19-2/h4-7H,3,8-11H2,1-2H3,(H,16,17). The van der Waals surface area contributed by atoms with E-state index in [-0.39, 0.29) is 13.2 Å². The number of anilines is 1. The van der Waals surface area contributed by atoms with Crippen LogP contribution in [0.15, 0.2) is 24.3 Å². The molecule has 0 heterocycles. The molecule has 7 nitrogen and oxygen atoms in total. The molecule has 0 aliphatic carbocycles. The normalized spacial score (nSPS) is 10.1. The Morgan fingerprint density at radius 3 is 2.45 bits per heavy atom. The highest BCUT2D eigenvalue weighted by Crippen LogP contribution is 2.15. The number of rotatable bonds is 10. The topological polar surface area (TPSA) is 83.1 Å². The van der Waals surface area contributed by atoms with E-state index in [1.54, 1.807) is 24.3 Å². The van der Waals surface area contributed by atoms with Crippen molar-refractivity contribution in [1.29, 1.82) is 0 Å². The van der Waals surface area contributed by atoms with Gasteiger partial charge in [-0.15, -0.1) is 0 Å². The van der Waals surface area contributed by atoms with E-state index in [1.807, 2.05) is 6.92 Å². The number of benzene rings is 1. The molecule has 0 spiro atoms. The zero-order chi connectivity index (χ0) is 16.2. The predicted octanol–water partition coefficient (Wildman–Crippen LogP) is 1.23. The minimum Gasteiger partial charge on any atom is -0.494 e. The summed E-state index contributed by atoms with van der Waals surface area (Å²) in [5.41, 5.74) is 0.598. The van der Waals surface area contributed by atoms with Crippen LogP contribution in [0.3, 0.4) is 0 Å². The van der Waals surface area contributed by atoms with E-state index in [2.05, 4.69) is 5.32 Å². The molecule has 1 rings (SSSR count). The Hall–Kier alpha value is -2.12. The molecule has 0 saturated heterocycles. The zero-order valence-electron chi connectivity index (χ0n) is 12.8. The predicted molar refractivity (Wildman–Crippen MR) is 79.9 cm³/mol. The van der Waals surface area contributed by atoms with Crippen molar-refractivity contribution < 1.29 is 28.5 Å². The Labute approximate surface area is 129 Å². The van der Waals surface area contributed by atoms with Gasteiger partial charge in [0, 0.05) is 12.8 Å². The molecule has 1 amide bonds. The Balaban J connectivity index is 2.23. The van der Waals surface area contributed by atoms with Gasteiger partial charge in [-0.25, -0.2) is 4.79 Å². The Morgan fingerprint density at radius 1 is 1.09 bits per heavy atom. The third-order valence-corrected chi connectivity index (χ3v) is 2.47. The van der Waals surface area contributed by atoms with Gasteiger partial charge >= 0.3 is 5.97 Å². The number of hydrogen-bond acceptors (Lipinski definition) is 6. The molecule has 1 aromatic carbocycles. The van der Waals surface area contributed by atoms with Crippen molar-refractivity contribution in [3.8, 4) is 5.75 Å². The molecule has 7 heteroatoms. The van der Waals surface area contributed by atoms with E-state index in [9.17, 15) is 9.59 Å². The first-order valence-electron chi connectivity index (χ1n) is 6.90. The average Bonchev–Trinajstić information content (AvgIpc) is 2.52. The first-order chi connectivity index (χ1) is 10.7. The van der Waals surface area contributed by atoms with Crippen LogP contribution in [0.5, 0.6) is 5.75 Å². The smallest absolute Gasteiger partial charge is 0.332 e. The lowest BCUT2D eigenvalue weighted by Crippen LogP contribution is -2.23. The molecule has 0 aromatic heterocycles. The first-order valence-corrected chi connectivity index (χ1v) is 6.90. The molecule has 0 aliphatic rings. The van der Waals surface area contributed by atoms with Gasteiger partial charge in [-0.2, -0.15) is 0 Å². The van der Waals surface area contributed by atoms with Crippen molar-refractivity contribution in [2.45, 2.75) is 6.92 Å². The van der Waals surface area contributed by atoms with Crippen molar-refractivity contribution in [2.24, 2.45) is 0 Å². The minimum absolute atomic E-state index is 0.209. The first kappa shape index (κ1) is 17.9. The summed E-state index contributed by atoms with van der Waals surface area (Å²) in [6, 6.07) is 6.90. The van der Waals surface area contributed by atoms with Crippen LogP contribution in [-0.2, 0) is 23.8 Å². The number of ether oxygens (including phenoxy) is 4. The fourth-order valence-corrected chi connectivity index (χ4v) is 1.48. The molecule has 1 N–H and O–H groups in total. The molecular weight excluding hydrogens is 290 g/mol. The van der Waals surface area contributed by atoms with Crippen molar-refractivity contribution in [2.75, 3.05) is 45.5 Å². The van der Waals surface area contributed by atoms with Crippen molar-refractivity contribution in [1.82, 2.24) is 0 Å². The number of hydrogen-bond donors (Lipinski definition) is 1. The summed E-state index contributed by atoms with van der Waals surface area (Å²) in [4.78, 5) is 22.9. The number of esters is 1.